The van der Waals surface area contributed by atoms with Crippen molar-refractivity contribution >= 4 is 34.0 Å². The fourth-order valence-corrected chi connectivity index (χ4v) is 4.75. The van der Waals surface area contributed by atoms with Crippen molar-refractivity contribution in [3.8, 4) is 0 Å². The second-order valence-electron chi connectivity index (χ2n) is 8.57. The molecule has 0 saturated carbocycles. The third-order valence-corrected chi connectivity index (χ3v) is 6.34. The minimum Gasteiger partial charge on any atom is -0.481 e. The maximum atomic E-state index is 9.95. The van der Waals surface area contributed by atoms with Crippen molar-refractivity contribution < 1.29 is 21.1 Å². The van der Waals surface area contributed by atoms with Crippen LogP contribution < -0.4 is 27.6 Å². The molecule has 0 unspecified atom stereocenters. The fourth-order valence-electron chi connectivity index (χ4n) is 4.75. The summed E-state index contributed by atoms with van der Waals surface area (Å²) in [4.78, 5) is 9.95. The number of benzene rings is 4. The Kier molecular flexibility index (Phi) is 11.5. The number of carboxylic acids is 1. The summed E-state index contributed by atoms with van der Waals surface area (Å²) in [5.74, 6) is -0.695. The molecule has 0 aliphatic heterocycles. The van der Waals surface area contributed by atoms with Crippen LogP contribution in [-0.4, -0.2) is 29.2 Å². The molecule has 35 heavy (non-hydrogen) atoms. The van der Waals surface area contributed by atoms with Gasteiger partial charge in [0.1, 0.15) is 6.15 Å². The molecule has 0 saturated heterocycles. The number of hydrogen-bond acceptors (Lipinski definition) is 1. The van der Waals surface area contributed by atoms with Crippen LogP contribution in [0.5, 0.6) is 0 Å². The van der Waals surface area contributed by atoms with Gasteiger partial charge in [0, 0.05) is 6.42 Å². The molecule has 0 atom stereocenters. The monoisotopic (exact) mass is 469 g/mol. The topological polar surface area (TPSA) is 96.4 Å². The van der Waals surface area contributed by atoms with E-state index in [1.54, 1.807) is 0 Å². The molecule has 0 heterocycles. The number of aliphatic carboxylic acids is 1. The van der Waals surface area contributed by atoms with Gasteiger partial charge < -0.3 is 16.3 Å². The van der Waals surface area contributed by atoms with Crippen molar-refractivity contribution in [2.24, 2.45) is 0 Å². The van der Waals surface area contributed by atoms with E-state index in [1.807, 2.05) is 0 Å². The van der Waals surface area contributed by atoms with Crippen molar-refractivity contribution in [2.75, 3.05) is 6.54 Å². The Morgan fingerprint density at radius 2 is 0.886 bits per heavy atom. The zero-order chi connectivity index (χ0) is 24.1. The van der Waals surface area contributed by atoms with E-state index in [-0.39, 0.29) is 5.48 Å². The van der Waals surface area contributed by atoms with E-state index in [1.165, 1.54) is 21.9 Å². The van der Waals surface area contributed by atoms with Gasteiger partial charge in [0.2, 0.25) is 0 Å². The molecular weight excluding hydrogens is 433 g/mol. The summed E-state index contributed by atoms with van der Waals surface area (Å²) >= 11 is 0. The summed E-state index contributed by atoms with van der Waals surface area (Å²) in [5, 5.41) is 8.20. The third kappa shape index (κ3) is 7.16. The maximum absolute atomic E-state index is 9.95. The fraction of sp³-hybridized carbons (Fsp3) is 0.167. The number of hydrogen-bond donors (Lipinski definition) is 2. The molecule has 0 amide bonds. The quantitative estimate of drug-likeness (QED) is 0.290. The Bertz CT molecular complexity index is 944. The number of carboxylic acid groups (broad SMARTS) is 1. The number of unbranched alkanes of at least 4 members (excludes halogenated alkanes) is 2. The van der Waals surface area contributed by atoms with Crippen LogP contribution in [0, 0.1) is 0 Å². The first-order valence-corrected chi connectivity index (χ1v) is 12.1. The van der Waals surface area contributed by atoms with Gasteiger partial charge in [-0.25, -0.2) is 0 Å². The van der Waals surface area contributed by atoms with E-state index in [0.717, 1.165) is 25.8 Å². The average Bonchev–Trinajstić information content (AvgIpc) is 2.90. The van der Waals surface area contributed by atoms with Gasteiger partial charge in [-0.05, 0) is 19.3 Å². The molecule has 0 spiro atoms. The van der Waals surface area contributed by atoms with Gasteiger partial charge in [-0.1, -0.05) is 121 Å². The first-order chi connectivity index (χ1) is 16.7. The van der Waals surface area contributed by atoms with E-state index in [0.29, 0.717) is 6.42 Å². The van der Waals surface area contributed by atoms with Crippen molar-refractivity contribution in [3.05, 3.63) is 121 Å². The molecule has 0 fully saturated rings. The smallest absolute Gasteiger partial charge is 0.303 e. The normalized spacial score (nSPS) is 10.4. The number of quaternary nitrogens is 1. The Morgan fingerprint density at radius 1 is 0.571 bits per heavy atom. The van der Waals surface area contributed by atoms with Gasteiger partial charge in [-0.2, -0.15) is 21.9 Å². The highest BCUT2D eigenvalue weighted by atomic mass is 16.4. The van der Waals surface area contributed by atoms with Gasteiger partial charge in [-0.3, -0.25) is 4.79 Å². The SMILES string of the molecule is O.[NH3+]CCCCCC(=O)O.c1ccc([B-](c2ccccc2)(c2ccccc2)c2ccccc2)cc1. The highest BCUT2D eigenvalue weighted by Crippen LogP contribution is 2.09. The van der Waals surface area contributed by atoms with Crippen molar-refractivity contribution in [1.82, 2.24) is 0 Å². The number of carbonyl (C=O) groups is 1. The van der Waals surface area contributed by atoms with Crippen molar-refractivity contribution in [1.29, 1.82) is 0 Å². The van der Waals surface area contributed by atoms with Crippen LogP contribution in [0.25, 0.3) is 0 Å². The number of rotatable bonds is 9. The second kappa shape index (κ2) is 14.6. The molecule has 4 nitrogen and oxygen atoms in total. The summed E-state index contributed by atoms with van der Waals surface area (Å²) in [6, 6.07) is 43.5. The lowest BCUT2D eigenvalue weighted by Gasteiger charge is -2.44. The van der Waals surface area contributed by atoms with Gasteiger partial charge in [0.25, 0.3) is 0 Å². The minimum atomic E-state index is -1.22. The molecule has 5 heteroatoms. The van der Waals surface area contributed by atoms with E-state index >= 15 is 0 Å². The Balaban J connectivity index is 0.000000373. The van der Waals surface area contributed by atoms with Crippen LogP contribution in [0.1, 0.15) is 25.7 Å². The first kappa shape index (κ1) is 27.6. The highest BCUT2D eigenvalue weighted by molar-refractivity contribution is 7.19. The molecule has 0 aliphatic rings. The van der Waals surface area contributed by atoms with Crippen LogP contribution in [0.2, 0.25) is 0 Å². The van der Waals surface area contributed by atoms with Crippen LogP contribution in [-0.2, 0) is 4.79 Å². The van der Waals surface area contributed by atoms with Gasteiger partial charge in [-0.15, -0.1) is 0 Å². The predicted octanol–water partition coefficient (Wildman–Crippen LogP) is 2.11. The third-order valence-electron chi connectivity index (χ3n) is 6.34. The molecule has 0 aliphatic carbocycles. The zero-order valence-corrected chi connectivity index (χ0v) is 20.2. The summed E-state index contributed by atoms with van der Waals surface area (Å²) in [6.07, 6.45) is 1.93. The summed E-state index contributed by atoms with van der Waals surface area (Å²) in [7, 11) is 0. The second-order valence-corrected chi connectivity index (χ2v) is 8.57. The van der Waals surface area contributed by atoms with E-state index in [2.05, 4.69) is 127 Å². The molecule has 4 aromatic carbocycles. The molecule has 4 aromatic rings. The zero-order valence-electron chi connectivity index (χ0n) is 20.2. The average molecular weight is 469 g/mol. The largest absolute Gasteiger partial charge is 0.481 e. The molecule has 6 N–H and O–H groups in total. The van der Waals surface area contributed by atoms with E-state index in [9.17, 15) is 4.79 Å². The molecule has 182 valence electrons. The van der Waals surface area contributed by atoms with Gasteiger partial charge in [0.15, 0.2) is 0 Å². The summed E-state index contributed by atoms with van der Waals surface area (Å²) < 4.78 is 0. The van der Waals surface area contributed by atoms with Gasteiger partial charge >= 0.3 is 5.97 Å². The lowest BCUT2D eigenvalue weighted by molar-refractivity contribution is -0.368. The summed E-state index contributed by atoms with van der Waals surface area (Å²) in [5.41, 5.74) is 9.01. The van der Waals surface area contributed by atoms with Crippen LogP contribution in [0.3, 0.4) is 0 Å². The Morgan fingerprint density at radius 3 is 1.14 bits per heavy atom. The summed E-state index contributed by atoms with van der Waals surface area (Å²) in [6.45, 7) is 0.916. The maximum Gasteiger partial charge on any atom is 0.303 e. The first-order valence-electron chi connectivity index (χ1n) is 12.1. The van der Waals surface area contributed by atoms with Crippen molar-refractivity contribution in [3.63, 3.8) is 0 Å². The van der Waals surface area contributed by atoms with E-state index in [4.69, 9.17) is 5.11 Å². The van der Waals surface area contributed by atoms with Crippen LogP contribution in [0.4, 0.5) is 0 Å². The molecule has 0 radical (unpaired) electrons. The van der Waals surface area contributed by atoms with Crippen LogP contribution in [0.15, 0.2) is 121 Å². The lowest BCUT2D eigenvalue weighted by atomic mass is 9.13. The predicted molar refractivity (Wildman–Crippen MR) is 148 cm³/mol. The lowest BCUT2D eigenvalue weighted by Crippen LogP contribution is -2.74. The van der Waals surface area contributed by atoms with Crippen LogP contribution >= 0.6 is 0 Å². The van der Waals surface area contributed by atoms with Gasteiger partial charge in [0.05, 0.1) is 6.54 Å². The van der Waals surface area contributed by atoms with E-state index < -0.39 is 12.1 Å². The molecule has 0 aromatic heterocycles. The molecule has 4 rings (SSSR count). The Labute approximate surface area is 208 Å². The molecular formula is C30H36BNO3. The highest BCUT2D eigenvalue weighted by Gasteiger charge is 2.30. The van der Waals surface area contributed by atoms with Crippen molar-refractivity contribution in [2.45, 2.75) is 25.7 Å². The standard InChI is InChI=1S/C24H20B.C6H13NO2.H2O/c1-5-13-21(14-6-1)25(22-15-7-2-8-16-22,23-17-9-3-10-18-23)24-19-11-4-12-20-24;7-5-3-1-2-4-6(8)9;/h1-20H;1-5,7H2,(H,8,9);1H2/q-1;;/p+1. The molecule has 0 bridgehead atoms. The Hall–Kier alpha value is -3.67. The minimum absolute atomic E-state index is 0.